The summed E-state index contributed by atoms with van der Waals surface area (Å²) in [5.41, 5.74) is 5.74. The van der Waals surface area contributed by atoms with E-state index in [0.717, 1.165) is 6.07 Å². The zero-order chi connectivity index (χ0) is 14.7. The number of carbonyl (C=O) groups is 1. The fraction of sp³-hybridized carbons (Fsp3) is 0.0714. The third-order valence-corrected chi connectivity index (χ3v) is 2.93. The summed E-state index contributed by atoms with van der Waals surface area (Å²) >= 11 is 5.83. The molecule has 2 rings (SSSR count). The van der Waals surface area contributed by atoms with Crippen LogP contribution in [-0.4, -0.2) is 5.91 Å². The largest absolute Gasteiger partial charge is 0.370 e. The third kappa shape index (κ3) is 3.24. The molecular formula is C14H11ClF2N2O. The highest BCUT2D eigenvalue weighted by Gasteiger charge is 2.21. The first-order valence-electron chi connectivity index (χ1n) is 5.74. The SMILES string of the molecule is NC(=O)C(Nc1cccc(Cl)c1)c1ccc(F)cc1F. The molecule has 3 N–H and O–H groups in total. The molecule has 0 saturated heterocycles. The fourth-order valence-corrected chi connectivity index (χ4v) is 1.97. The molecule has 2 aromatic carbocycles. The van der Waals surface area contributed by atoms with E-state index < -0.39 is 23.6 Å². The van der Waals surface area contributed by atoms with E-state index in [1.165, 1.54) is 6.07 Å². The van der Waals surface area contributed by atoms with Gasteiger partial charge in [-0.15, -0.1) is 0 Å². The van der Waals surface area contributed by atoms with Crippen LogP contribution in [0.25, 0.3) is 0 Å². The predicted octanol–water partition coefficient (Wildman–Crippen LogP) is 3.26. The summed E-state index contributed by atoms with van der Waals surface area (Å²) in [5, 5.41) is 3.23. The van der Waals surface area contributed by atoms with Crippen molar-refractivity contribution in [3.63, 3.8) is 0 Å². The summed E-state index contributed by atoms with van der Waals surface area (Å²) in [6.07, 6.45) is 0. The standard InChI is InChI=1S/C14H11ClF2N2O/c15-8-2-1-3-10(6-8)19-13(14(18)20)11-5-4-9(16)7-12(11)17/h1-7,13,19H,(H2,18,20). The van der Waals surface area contributed by atoms with Crippen molar-refractivity contribution in [2.45, 2.75) is 6.04 Å². The Kier molecular flexibility index (Phi) is 4.20. The zero-order valence-electron chi connectivity index (χ0n) is 10.2. The van der Waals surface area contributed by atoms with E-state index in [4.69, 9.17) is 17.3 Å². The number of halogens is 3. The van der Waals surface area contributed by atoms with Crippen molar-refractivity contribution in [3.05, 3.63) is 64.7 Å². The lowest BCUT2D eigenvalue weighted by Gasteiger charge is -2.18. The molecule has 0 aliphatic carbocycles. The number of anilines is 1. The molecule has 0 radical (unpaired) electrons. The van der Waals surface area contributed by atoms with E-state index in [1.54, 1.807) is 24.3 Å². The molecule has 0 aliphatic rings. The van der Waals surface area contributed by atoms with E-state index in [1.807, 2.05) is 0 Å². The molecule has 1 unspecified atom stereocenters. The highest BCUT2D eigenvalue weighted by atomic mass is 35.5. The molecule has 0 spiro atoms. The number of benzene rings is 2. The van der Waals surface area contributed by atoms with Crippen LogP contribution in [0, 0.1) is 11.6 Å². The smallest absolute Gasteiger partial charge is 0.244 e. The van der Waals surface area contributed by atoms with Crippen LogP contribution in [0.15, 0.2) is 42.5 Å². The molecule has 0 saturated carbocycles. The third-order valence-electron chi connectivity index (χ3n) is 2.69. The van der Waals surface area contributed by atoms with Crippen LogP contribution in [0.4, 0.5) is 14.5 Å². The maximum atomic E-state index is 13.7. The van der Waals surface area contributed by atoms with Crippen molar-refractivity contribution in [1.29, 1.82) is 0 Å². The summed E-state index contributed by atoms with van der Waals surface area (Å²) in [5.74, 6) is -2.35. The van der Waals surface area contributed by atoms with Crippen LogP contribution in [0.1, 0.15) is 11.6 Å². The number of primary amides is 1. The van der Waals surface area contributed by atoms with Crippen LogP contribution in [0.5, 0.6) is 0 Å². The van der Waals surface area contributed by atoms with Gasteiger partial charge in [0.15, 0.2) is 0 Å². The first-order chi connectivity index (χ1) is 9.47. The van der Waals surface area contributed by atoms with Crippen molar-refractivity contribution in [2.75, 3.05) is 5.32 Å². The molecule has 20 heavy (non-hydrogen) atoms. The van der Waals surface area contributed by atoms with Crippen LogP contribution in [-0.2, 0) is 4.79 Å². The number of hydrogen-bond donors (Lipinski definition) is 2. The second kappa shape index (κ2) is 5.88. The Bertz CT molecular complexity index is 649. The van der Waals surface area contributed by atoms with Crippen molar-refractivity contribution in [1.82, 2.24) is 0 Å². The average molecular weight is 297 g/mol. The number of carbonyl (C=O) groups excluding carboxylic acids is 1. The van der Waals surface area contributed by atoms with Crippen molar-refractivity contribution >= 4 is 23.2 Å². The molecule has 1 atom stereocenters. The molecule has 0 bridgehead atoms. The Balaban J connectivity index is 2.34. The normalized spacial score (nSPS) is 11.9. The van der Waals surface area contributed by atoms with Gasteiger partial charge in [-0.1, -0.05) is 23.7 Å². The summed E-state index contributed by atoms with van der Waals surface area (Å²) in [6, 6.07) is 8.38. The molecule has 0 aromatic heterocycles. The summed E-state index contributed by atoms with van der Waals surface area (Å²) in [7, 11) is 0. The summed E-state index contributed by atoms with van der Waals surface area (Å²) in [4.78, 5) is 11.5. The molecule has 0 fully saturated rings. The van der Waals surface area contributed by atoms with Crippen molar-refractivity contribution < 1.29 is 13.6 Å². The van der Waals surface area contributed by atoms with Gasteiger partial charge in [-0.2, -0.15) is 0 Å². The Morgan fingerprint density at radius 2 is 1.95 bits per heavy atom. The number of amides is 1. The average Bonchev–Trinajstić information content (AvgIpc) is 2.36. The quantitative estimate of drug-likeness (QED) is 0.910. The number of hydrogen-bond acceptors (Lipinski definition) is 2. The van der Waals surface area contributed by atoms with E-state index in [0.29, 0.717) is 16.8 Å². The van der Waals surface area contributed by atoms with Gasteiger partial charge in [0.05, 0.1) is 0 Å². The second-order valence-corrected chi connectivity index (χ2v) is 4.59. The number of rotatable bonds is 4. The minimum atomic E-state index is -1.12. The summed E-state index contributed by atoms with van der Waals surface area (Å²) in [6.45, 7) is 0. The van der Waals surface area contributed by atoms with E-state index in [2.05, 4.69) is 5.32 Å². The zero-order valence-corrected chi connectivity index (χ0v) is 11.0. The Hall–Kier alpha value is -2.14. The fourth-order valence-electron chi connectivity index (χ4n) is 1.78. The molecule has 2 aromatic rings. The minimum Gasteiger partial charge on any atom is -0.370 e. The van der Waals surface area contributed by atoms with Crippen LogP contribution in [0.3, 0.4) is 0 Å². The molecule has 0 heterocycles. The molecule has 3 nitrogen and oxygen atoms in total. The van der Waals surface area contributed by atoms with Crippen LogP contribution in [0.2, 0.25) is 5.02 Å². The van der Waals surface area contributed by atoms with Gasteiger partial charge in [0.2, 0.25) is 5.91 Å². The molecule has 1 amide bonds. The highest BCUT2D eigenvalue weighted by Crippen LogP contribution is 2.24. The molecular weight excluding hydrogens is 286 g/mol. The van der Waals surface area contributed by atoms with E-state index in [9.17, 15) is 13.6 Å². The van der Waals surface area contributed by atoms with Crippen LogP contribution >= 0.6 is 11.6 Å². The maximum absolute atomic E-state index is 13.7. The van der Waals surface area contributed by atoms with Crippen molar-refractivity contribution in [3.8, 4) is 0 Å². The highest BCUT2D eigenvalue weighted by molar-refractivity contribution is 6.30. The van der Waals surface area contributed by atoms with Gasteiger partial charge >= 0.3 is 0 Å². The van der Waals surface area contributed by atoms with Gasteiger partial charge in [0.25, 0.3) is 0 Å². The second-order valence-electron chi connectivity index (χ2n) is 4.16. The lowest BCUT2D eigenvalue weighted by molar-refractivity contribution is -0.118. The maximum Gasteiger partial charge on any atom is 0.244 e. The lowest BCUT2D eigenvalue weighted by Crippen LogP contribution is -2.28. The van der Waals surface area contributed by atoms with Gasteiger partial charge in [-0.05, 0) is 24.3 Å². The Morgan fingerprint density at radius 1 is 1.20 bits per heavy atom. The van der Waals surface area contributed by atoms with Crippen molar-refractivity contribution in [2.24, 2.45) is 5.73 Å². The van der Waals surface area contributed by atoms with Gasteiger partial charge < -0.3 is 11.1 Å². The van der Waals surface area contributed by atoms with E-state index in [-0.39, 0.29) is 5.56 Å². The first kappa shape index (κ1) is 14.3. The molecule has 6 heteroatoms. The summed E-state index contributed by atoms with van der Waals surface area (Å²) < 4.78 is 26.6. The van der Waals surface area contributed by atoms with Crippen LogP contribution < -0.4 is 11.1 Å². The molecule has 0 aliphatic heterocycles. The minimum absolute atomic E-state index is 0.0288. The van der Waals surface area contributed by atoms with Gasteiger partial charge in [-0.25, -0.2) is 8.78 Å². The van der Waals surface area contributed by atoms with E-state index >= 15 is 0 Å². The predicted molar refractivity (Wildman–Crippen MR) is 73.4 cm³/mol. The molecule has 104 valence electrons. The Labute approximate surface area is 119 Å². The van der Waals surface area contributed by atoms with Gasteiger partial charge in [0, 0.05) is 22.3 Å². The number of nitrogens with two attached hydrogens (primary N) is 1. The van der Waals surface area contributed by atoms with Gasteiger partial charge in [-0.3, -0.25) is 4.79 Å². The lowest BCUT2D eigenvalue weighted by atomic mass is 10.0. The number of nitrogens with one attached hydrogen (secondary N) is 1. The topological polar surface area (TPSA) is 55.1 Å². The first-order valence-corrected chi connectivity index (χ1v) is 6.11. The van der Waals surface area contributed by atoms with Gasteiger partial charge in [0.1, 0.15) is 17.7 Å². The monoisotopic (exact) mass is 296 g/mol. The Morgan fingerprint density at radius 3 is 2.55 bits per heavy atom.